The van der Waals surface area contributed by atoms with E-state index < -0.39 is 21.9 Å². The van der Waals surface area contributed by atoms with Crippen molar-refractivity contribution in [2.45, 2.75) is 57.3 Å². The van der Waals surface area contributed by atoms with Crippen LogP contribution in [0.2, 0.25) is 0 Å². The number of carbonyl (C=O) groups is 1. The number of hydrogen-bond acceptors (Lipinski definition) is 8. The van der Waals surface area contributed by atoms with E-state index in [9.17, 15) is 13.2 Å². The van der Waals surface area contributed by atoms with Gasteiger partial charge in [-0.1, -0.05) is 45.4 Å². The first-order valence-electron chi connectivity index (χ1n) is 9.74. The fourth-order valence-corrected chi connectivity index (χ4v) is 5.04. The standard InChI is InChI=1S/C20H27N5O4S/c1-11(2)14-10-15(12(3)4)19-17(18(14)16-8-6-7-9-21-16)13(5)20(26)29-24-22-23-25-30(19,27)28/h6-13,22-25H,1-5H3. The predicted molar refractivity (Wildman–Crippen MR) is 112 cm³/mol. The summed E-state index contributed by atoms with van der Waals surface area (Å²) in [4.78, 5) is 24.6. The van der Waals surface area contributed by atoms with Crippen LogP contribution in [0.5, 0.6) is 0 Å². The van der Waals surface area contributed by atoms with Gasteiger partial charge in [-0.2, -0.15) is 5.53 Å². The van der Waals surface area contributed by atoms with Gasteiger partial charge >= 0.3 is 5.97 Å². The van der Waals surface area contributed by atoms with Gasteiger partial charge < -0.3 is 4.84 Å². The maximum atomic E-state index is 13.3. The zero-order chi connectivity index (χ0) is 22.1. The number of aromatic nitrogens is 1. The van der Waals surface area contributed by atoms with Gasteiger partial charge in [0.2, 0.25) is 0 Å². The van der Waals surface area contributed by atoms with Crippen molar-refractivity contribution in [3.05, 3.63) is 47.2 Å². The molecular weight excluding hydrogens is 406 g/mol. The smallest absolute Gasteiger partial charge is 0.333 e. The molecule has 0 radical (unpaired) electrons. The molecule has 30 heavy (non-hydrogen) atoms. The second-order valence-electron chi connectivity index (χ2n) is 7.80. The zero-order valence-corrected chi connectivity index (χ0v) is 18.4. The third-order valence-corrected chi connectivity index (χ3v) is 6.41. The van der Waals surface area contributed by atoms with Crippen LogP contribution >= 0.6 is 0 Å². The van der Waals surface area contributed by atoms with E-state index in [2.05, 4.69) is 26.5 Å². The molecule has 1 aromatic heterocycles. The molecule has 1 aliphatic rings. The Bertz CT molecular complexity index is 1040. The molecule has 0 spiro atoms. The van der Waals surface area contributed by atoms with E-state index >= 15 is 0 Å². The molecule has 1 aliphatic heterocycles. The van der Waals surface area contributed by atoms with Gasteiger partial charge in [0.25, 0.3) is 10.0 Å². The van der Waals surface area contributed by atoms with Crippen molar-refractivity contribution in [1.29, 1.82) is 0 Å². The van der Waals surface area contributed by atoms with Crippen molar-refractivity contribution < 1.29 is 18.0 Å². The lowest BCUT2D eigenvalue weighted by atomic mass is 9.82. The summed E-state index contributed by atoms with van der Waals surface area (Å²) in [6, 6.07) is 7.34. The lowest BCUT2D eigenvalue weighted by Crippen LogP contribution is -2.54. The number of hydrogen-bond donors (Lipinski definition) is 4. The molecular formula is C20H27N5O4S. The Morgan fingerprint density at radius 1 is 1.07 bits per heavy atom. The molecule has 0 bridgehead atoms. The highest BCUT2D eigenvalue weighted by Gasteiger charge is 2.35. The Morgan fingerprint density at radius 2 is 1.77 bits per heavy atom. The van der Waals surface area contributed by atoms with Crippen LogP contribution in [-0.4, -0.2) is 19.4 Å². The maximum Gasteiger partial charge on any atom is 0.333 e. The van der Waals surface area contributed by atoms with E-state index in [4.69, 9.17) is 4.84 Å². The molecule has 0 aliphatic carbocycles. The highest BCUT2D eigenvalue weighted by Crippen LogP contribution is 2.43. The van der Waals surface area contributed by atoms with Crippen molar-refractivity contribution in [3.63, 3.8) is 0 Å². The van der Waals surface area contributed by atoms with Crippen LogP contribution < -0.4 is 21.5 Å². The SMILES string of the molecule is CC(C)c1cc(C(C)C)c2c(c1-c1ccccn1)C(C)C(=O)ONNNNS2(=O)=O. The minimum Gasteiger partial charge on any atom is -0.354 e. The molecule has 9 nitrogen and oxygen atoms in total. The Morgan fingerprint density at radius 3 is 2.37 bits per heavy atom. The topological polar surface area (TPSA) is 121 Å². The minimum atomic E-state index is -4.05. The van der Waals surface area contributed by atoms with Crippen LogP contribution in [0, 0.1) is 0 Å². The predicted octanol–water partition coefficient (Wildman–Crippen LogP) is 2.36. The molecule has 3 rings (SSSR count). The molecule has 0 saturated carbocycles. The molecule has 162 valence electrons. The molecule has 1 unspecified atom stereocenters. The molecule has 4 N–H and O–H groups in total. The van der Waals surface area contributed by atoms with Gasteiger partial charge in [0, 0.05) is 11.8 Å². The average Bonchev–Trinajstić information content (AvgIpc) is 2.71. The molecule has 0 saturated heterocycles. The minimum absolute atomic E-state index is 0.0585. The van der Waals surface area contributed by atoms with E-state index in [1.165, 1.54) is 0 Å². The van der Waals surface area contributed by atoms with E-state index in [-0.39, 0.29) is 16.7 Å². The highest BCUT2D eigenvalue weighted by atomic mass is 32.2. The van der Waals surface area contributed by atoms with Gasteiger partial charge in [0.1, 0.15) is 0 Å². The summed E-state index contributed by atoms with van der Waals surface area (Å²) in [5.41, 5.74) is 9.88. The number of rotatable bonds is 3. The molecule has 10 heteroatoms. The summed E-state index contributed by atoms with van der Waals surface area (Å²) in [6.45, 7) is 9.53. The number of carbonyl (C=O) groups excluding carboxylic acids is 1. The van der Waals surface area contributed by atoms with Gasteiger partial charge in [-0.15, -0.1) is 10.4 Å². The third kappa shape index (κ3) is 4.23. The molecule has 0 fully saturated rings. The molecule has 1 atom stereocenters. The van der Waals surface area contributed by atoms with Crippen molar-refractivity contribution in [3.8, 4) is 11.3 Å². The second kappa shape index (κ2) is 8.78. The molecule has 1 aromatic carbocycles. The number of benzene rings is 1. The summed E-state index contributed by atoms with van der Waals surface area (Å²) < 4.78 is 26.7. The van der Waals surface area contributed by atoms with Crippen LogP contribution in [0.15, 0.2) is 35.4 Å². The zero-order valence-electron chi connectivity index (χ0n) is 17.6. The van der Waals surface area contributed by atoms with Gasteiger partial charge in [-0.25, -0.2) is 13.2 Å². The first-order chi connectivity index (χ1) is 14.1. The lowest BCUT2D eigenvalue weighted by Gasteiger charge is -2.28. The Balaban J connectivity index is 2.53. The van der Waals surface area contributed by atoms with Crippen LogP contribution in [0.25, 0.3) is 11.3 Å². The van der Waals surface area contributed by atoms with Gasteiger partial charge in [-0.3, -0.25) is 4.98 Å². The summed E-state index contributed by atoms with van der Waals surface area (Å²) >= 11 is 0. The first kappa shape index (κ1) is 22.3. The van der Waals surface area contributed by atoms with Crippen molar-refractivity contribution in [2.24, 2.45) is 0 Å². The number of nitrogens with zero attached hydrogens (tertiary/aromatic N) is 1. The third-order valence-electron chi connectivity index (χ3n) is 5.05. The number of sulfonamides is 1. The van der Waals surface area contributed by atoms with Crippen LogP contribution in [-0.2, 0) is 19.7 Å². The van der Waals surface area contributed by atoms with Gasteiger partial charge in [-0.05, 0) is 47.6 Å². The van der Waals surface area contributed by atoms with Gasteiger partial charge in [0.15, 0.2) is 0 Å². The normalized spacial score (nSPS) is 19.4. The van der Waals surface area contributed by atoms with Crippen LogP contribution in [0.4, 0.5) is 0 Å². The summed E-state index contributed by atoms with van der Waals surface area (Å²) in [5, 5.41) is 0. The first-order valence-corrected chi connectivity index (χ1v) is 11.2. The number of fused-ring (bicyclic) bond motifs is 1. The Kier molecular flexibility index (Phi) is 6.53. The quantitative estimate of drug-likeness (QED) is 0.582. The largest absolute Gasteiger partial charge is 0.354 e. The van der Waals surface area contributed by atoms with E-state index in [0.717, 1.165) is 5.56 Å². The summed E-state index contributed by atoms with van der Waals surface area (Å²) in [7, 11) is -4.05. The average molecular weight is 434 g/mol. The number of nitrogens with one attached hydrogen (secondary N) is 4. The van der Waals surface area contributed by atoms with Crippen LogP contribution in [0.3, 0.4) is 0 Å². The van der Waals surface area contributed by atoms with Crippen molar-refractivity contribution in [2.75, 3.05) is 0 Å². The molecule has 2 heterocycles. The number of pyridine rings is 1. The molecule has 2 aromatic rings. The Labute approximate surface area is 176 Å². The number of hydrazine groups is 3. The monoisotopic (exact) mass is 433 g/mol. The fourth-order valence-electron chi connectivity index (χ4n) is 3.57. The molecule has 0 amide bonds. The fraction of sp³-hybridized carbons (Fsp3) is 0.400. The van der Waals surface area contributed by atoms with E-state index in [1.807, 2.05) is 45.9 Å². The van der Waals surface area contributed by atoms with E-state index in [1.54, 1.807) is 19.2 Å². The highest BCUT2D eigenvalue weighted by molar-refractivity contribution is 7.89. The second-order valence-corrected chi connectivity index (χ2v) is 9.42. The van der Waals surface area contributed by atoms with Gasteiger partial charge in [0.05, 0.1) is 16.5 Å². The lowest BCUT2D eigenvalue weighted by molar-refractivity contribution is -0.156. The van der Waals surface area contributed by atoms with Crippen molar-refractivity contribution >= 4 is 16.0 Å². The summed E-state index contributed by atoms with van der Waals surface area (Å²) in [5.74, 6) is -1.55. The maximum absolute atomic E-state index is 13.3. The van der Waals surface area contributed by atoms with Crippen molar-refractivity contribution in [1.82, 2.24) is 26.5 Å². The summed E-state index contributed by atoms with van der Waals surface area (Å²) in [6.07, 6.45) is 1.64. The Hall–Kier alpha value is -2.37. The van der Waals surface area contributed by atoms with E-state index in [0.29, 0.717) is 22.4 Å². The van der Waals surface area contributed by atoms with Crippen LogP contribution in [0.1, 0.15) is 69.1 Å².